The number of fused-ring (bicyclic) bond motifs is 2. The minimum Gasteiger partial charge on any atom is -0.497 e. The van der Waals surface area contributed by atoms with Crippen LogP contribution in [0.15, 0.2) is 24.3 Å². The Hall–Kier alpha value is -0.830. The van der Waals surface area contributed by atoms with E-state index in [0.717, 1.165) is 17.0 Å². The van der Waals surface area contributed by atoms with E-state index in [1.807, 2.05) is 6.07 Å². The highest BCUT2D eigenvalue weighted by Gasteiger charge is 2.38. The Morgan fingerprint density at radius 1 is 1.47 bits per heavy atom. The molecule has 2 fully saturated rings. The van der Waals surface area contributed by atoms with Crippen molar-refractivity contribution in [3.63, 3.8) is 0 Å². The van der Waals surface area contributed by atoms with Gasteiger partial charge in [-0.15, -0.1) is 0 Å². The molecule has 1 aromatic carbocycles. The summed E-state index contributed by atoms with van der Waals surface area (Å²) in [6.45, 7) is 1.21. The van der Waals surface area contributed by atoms with Gasteiger partial charge in [-0.05, 0) is 18.6 Å². The van der Waals surface area contributed by atoms with Crippen LogP contribution in [0.1, 0.15) is 6.42 Å². The summed E-state index contributed by atoms with van der Waals surface area (Å²) in [6, 6.07) is 9.17. The van der Waals surface area contributed by atoms with Gasteiger partial charge in [0.25, 0.3) is 0 Å². The van der Waals surface area contributed by atoms with E-state index in [4.69, 9.17) is 4.74 Å². The van der Waals surface area contributed by atoms with Crippen molar-refractivity contribution < 1.29 is 4.74 Å². The lowest BCUT2D eigenvalue weighted by molar-refractivity contribution is 0.414. The fraction of sp³-hybridized carbons (Fsp3) is 0.500. The van der Waals surface area contributed by atoms with Gasteiger partial charge in [0.15, 0.2) is 0 Å². The van der Waals surface area contributed by atoms with Crippen LogP contribution in [0.2, 0.25) is 0 Å². The molecule has 2 aliphatic heterocycles. The van der Waals surface area contributed by atoms with Gasteiger partial charge in [0.1, 0.15) is 5.75 Å². The van der Waals surface area contributed by atoms with Crippen LogP contribution in [0.25, 0.3) is 0 Å². The second-order valence-corrected chi connectivity index (χ2v) is 5.53. The molecular weight excluding hydrogens is 206 g/mol. The van der Waals surface area contributed by atoms with Crippen LogP contribution >= 0.6 is 11.8 Å². The minimum atomic E-state index is 0.757. The second kappa shape index (κ2) is 3.63. The number of benzene rings is 1. The smallest absolute Gasteiger partial charge is 0.120 e. The van der Waals surface area contributed by atoms with E-state index in [1.165, 1.54) is 24.4 Å². The predicted octanol–water partition coefficient (Wildman–Crippen LogP) is 2.39. The molecule has 2 aliphatic rings. The molecule has 1 aromatic rings. The van der Waals surface area contributed by atoms with Gasteiger partial charge in [-0.2, -0.15) is 11.8 Å². The largest absolute Gasteiger partial charge is 0.497 e. The van der Waals surface area contributed by atoms with Gasteiger partial charge in [0.05, 0.1) is 7.11 Å². The molecule has 2 unspecified atom stereocenters. The first-order chi connectivity index (χ1) is 7.36. The molecule has 3 rings (SSSR count). The van der Waals surface area contributed by atoms with Gasteiger partial charge in [-0.3, -0.25) is 0 Å². The molecule has 0 aromatic heterocycles. The third-order valence-corrected chi connectivity index (χ3v) is 4.68. The number of thioether (sulfide) groups is 1. The highest BCUT2D eigenvalue weighted by molar-refractivity contribution is 8.00. The van der Waals surface area contributed by atoms with E-state index in [1.54, 1.807) is 7.11 Å². The molecule has 2 saturated heterocycles. The molecule has 80 valence electrons. The van der Waals surface area contributed by atoms with Crippen molar-refractivity contribution in [2.45, 2.75) is 17.7 Å². The van der Waals surface area contributed by atoms with Crippen molar-refractivity contribution in [3.8, 4) is 5.75 Å². The second-order valence-electron chi connectivity index (χ2n) is 4.20. The molecule has 3 heteroatoms. The van der Waals surface area contributed by atoms with E-state index in [9.17, 15) is 0 Å². The summed E-state index contributed by atoms with van der Waals surface area (Å²) in [7, 11) is 1.73. The Morgan fingerprint density at radius 3 is 3.07 bits per heavy atom. The van der Waals surface area contributed by atoms with E-state index in [-0.39, 0.29) is 0 Å². The number of nitrogens with zero attached hydrogens (tertiary/aromatic N) is 1. The van der Waals surface area contributed by atoms with Crippen molar-refractivity contribution in [2.75, 3.05) is 24.3 Å². The molecule has 2 nitrogen and oxygen atoms in total. The highest BCUT2D eigenvalue weighted by Crippen LogP contribution is 2.40. The average molecular weight is 221 g/mol. The summed E-state index contributed by atoms with van der Waals surface area (Å²) in [4.78, 5) is 2.53. The summed E-state index contributed by atoms with van der Waals surface area (Å²) < 4.78 is 5.26. The normalized spacial score (nSPS) is 28.5. The van der Waals surface area contributed by atoms with Crippen molar-refractivity contribution in [1.82, 2.24) is 0 Å². The van der Waals surface area contributed by atoms with Crippen molar-refractivity contribution in [1.29, 1.82) is 0 Å². The molecule has 2 bridgehead atoms. The predicted molar refractivity (Wildman–Crippen MR) is 65.0 cm³/mol. The maximum atomic E-state index is 5.26. The van der Waals surface area contributed by atoms with Crippen LogP contribution in [0.5, 0.6) is 5.75 Å². The molecule has 2 atom stereocenters. The molecule has 0 aliphatic carbocycles. The zero-order chi connectivity index (χ0) is 10.3. The monoisotopic (exact) mass is 221 g/mol. The number of hydrogen-bond donors (Lipinski definition) is 0. The summed E-state index contributed by atoms with van der Waals surface area (Å²) in [5.74, 6) is 2.25. The number of methoxy groups -OCH3 is 1. The third kappa shape index (κ3) is 1.59. The maximum Gasteiger partial charge on any atom is 0.120 e. The summed E-state index contributed by atoms with van der Waals surface area (Å²) >= 11 is 2.13. The van der Waals surface area contributed by atoms with Crippen LogP contribution in [0, 0.1) is 0 Å². The zero-order valence-corrected chi connectivity index (χ0v) is 9.67. The minimum absolute atomic E-state index is 0.757. The lowest BCUT2D eigenvalue weighted by Gasteiger charge is -2.29. The Balaban J connectivity index is 1.86. The summed E-state index contributed by atoms with van der Waals surface area (Å²) in [5, 5.41) is 0.862. The quantitative estimate of drug-likeness (QED) is 0.761. The lowest BCUT2D eigenvalue weighted by Crippen LogP contribution is -2.33. The molecule has 0 radical (unpaired) electrons. The Morgan fingerprint density at radius 2 is 2.40 bits per heavy atom. The van der Waals surface area contributed by atoms with Crippen molar-refractivity contribution >= 4 is 17.4 Å². The molecule has 0 amide bonds. The van der Waals surface area contributed by atoms with Crippen molar-refractivity contribution in [3.05, 3.63) is 24.3 Å². The van der Waals surface area contributed by atoms with Crippen LogP contribution in [0.4, 0.5) is 5.69 Å². The lowest BCUT2D eigenvalue weighted by atomic mass is 10.2. The van der Waals surface area contributed by atoms with Gasteiger partial charge >= 0.3 is 0 Å². The molecular formula is C12H15NOS. The van der Waals surface area contributed by atoms with Crippen LogP contribution in [0.3, 0.4) is 0 Å². The van der Waals surface area contributed by atoms with Crippen LogP contribution < -0.4 is 9.64 Å². The number of rotatable bonds is 2. The van der Waals surface area contributed by atoms with Crippen LogP contribution in [-0.2, 0) is 0 Å². The topological polar surface area (TPSA) is 12.5 Å². The first-order valence-corrected chi connectivity index (χ1v) is 6.44. The SMILES string of the molecule is COc1cccc(N2CC3CC2CS3)c1. The fourth-order valence-corrected chi connectivity index (χ4v) is 3.94. The van der Waals surface area contributed by atoms with E-state index in [2.05, 4.69) is 34.9 Å². The number of ether oxygens (including phenoxy) is 1. The summed E-state index contributed by atoms with van der Waals surface area (Å²) in [5.41, 5.74) is 1.32. The Labute approximate surface area is 94.6 Å². The standard InChI is InChI=1S/C12H15NOS/c1-14-11-4-2-3-9(5-11)13-7-12-6-10(13)8-15-12/h2-5,10,12H,6-8H2,1H3. The van der Waals surface area contributed by atoms with Gasteiger partial charge in [0, 0.05) is 35.3 Å². The first kappa shape index (κ1) is 9.40. The summed E-state index contributed by atoms with van der Waals surface area (Å²) in [6.07, 6.45) is 1.36. The fourth-order valence-electron chi connectivity index (χ4n) is 2.50. The van der Waals surface area contributed by atoms with Crippen molar-refractivity contribution in [2.24, 2.45) is 0 Å². The molecule has 15 heavy (non-hydrogen) atoms. The Kier molecular flexibility index (Phi) is 2.28. The van der Waals surface area contributed by atoms with E-state index < -0.39 is 0 Å². The van der Waals surface area contributed by atoms with E-state index >= 15 is 0 Å². The molecule has 0 saturated carbocycles. The zero-order valence-electron chi connectivity index (χ0n) is 8.85. The molecule has 2 heterocycles. The first-order valence-electron chi connectivity index (χ1n) is 5.39. The highest BCUT2D eigenvalue weighted by atomic mass is 32.2. The maximum absolute atomic E-state index is 5.26. The molecule has 0 spiro atoms. The van der Waals surface area contributed by atoms with Crippen LogP contribution in [-0.4, -0.2) is 30.7 Å². The van der Waals surface area contributed by atoms with E-state index in [0.29, 0.717) is 0 Å². The number of anilines is 1. The average Bonchev–Trinajstić information content (AvgIpc) is 2.91. The van der Waals surface area contributed by atoms with Gasteiger partial charge < -0.3 is 9.64 Å². The number of hydrogen-bond acceptors (Lipinski definition) is 3. The Bertz CT molecular complexity index is 368. The van der Waals surface area contributed by atoms with Gasteiger partial charge in [0.2, 0.25) is 0 Å². The van der Waals surface area contributed by atoms with Gasteiger partial charge in [-0.1, -0.05) is 6.07 Å². The van der Waals surface area contributed by atoms with Gasteiger partial charge in [-0.25, -0.2) is 0 Å². The molecule has 0 N–H and O–H groups in total. The third-order valence-electron chi connectivity index (χ3n) is 3.29.